The molecule has 0 radical (unpaired) electrons. The zero-order valence-corrected chi connectivity index (χ0v) is 19.6. The highest BCUT2D eigenvalue weighted by molar-refractivity contribution is 7.18. The Bertz CT molecular complexity index is 1180. The molecule has 1 aliphatic rings. The van der Waals surface area contributed by atoms with Gasteiger partial charge in [-0.2, -0.15) is 0 Å². The van der Waals surface area contributed by atoms with E-state index in [0.29, 0.717) is 18.9 Å². The minimum atomic E-state index is -0.0968. The Balaban J connectivity index is 1.78. The van der Waals surface area contributed by atoms with Gasteiger partial charge in [-0.25, -0.2) is 4.98 Å². The normalized spacial score (nSPS) is 13.6. The van der Waals surface area contributed by atoms with Gasteiger partial charge in [0.25, 0.3) is 5.56 Å². The van der Waals surface area contributed by atoms with Crippen LogP contribution in [-0.2, 0) is 30.7 Å². The second-order valence-corrected chi connectivity index (χ2v) is 9.61. The third-order valence-electron chi connectivity index (χ3n) is 5.84. The minimum absolute atomic E-state index is 0.00263. The van der Waals surface area contributed by atoms with Crippen molar-refractivity contribution in [3.8, 4) is 0 Å². The largest absolute Gasteiger partial charge is 0.311 e. The first-order chi connectivity index (χ1) is 14.9. The van der Waals surface area contributed by atoms with Crippen LogP contribution in [-0.4, -0.2) is 41.0 Å². The molecule has 0 bridgehead atoms. The van der Waals surface area contributed by atoms with Crippen molar-refractivity contribution < 1.29 is 4.79 Å². The number of anilines is 1. The lowest BCUT2D eigenvalue weighted by Gasteiger charge is -2.23. The van der Waals surface area contributed by atoms with E-state index in [9.17, 15) is 9.59 Å². The molecule has 31 heavy (non-hydrogen) atoms. The average molecular weight is 439 g/mol. The number of rotatable bonds is 6. The number of nitrogens with zero attached hydrogens (tertiary/aromatic N) is 4. The van der Waals surface area contributed by atoms with Crippen molar-refractivity contribution in [1.82, 2.24) is 14.5 Å². The zero-order valence-electron chi connectivity index (χ0n) is 18.8. The third kappa shape index (κ3) is 4.29. The van der Waals surface area contributed by atoms with Gasteiger partial charge in [0.05, 0.1) is 11.9 Å². The van der Waals surface area contributed by atoms with Gasteiger partial charge in [-0.1, -0.05) is 12.1 Å². The SMILES string of the molecule is CCN(C(=O)Cn1c(CN(C)C)nc2sc3c(c2c1=O)CCCC3)c1cccc(C)c1. The van der Waals surface area contributed by atoms with Crippen LogP contribution < -0.4 is 10.5 Å². The van der Waals surface area contributed by atoms with Crippen LogP contribution >= 0.6 is 11.3 Å². The fraction of sp³-hybridized carbons (Fsp3) is 0.458. The Morgan fingerprint density at radius 1 is 1.23 bits per heavy atom. The fourth-order valence-electron chi connectivity index (χ4n) is 4.37. The molecule has 4 rings (SSSR count). The van der Waals surface area contributed by atoms with Gasteiger partial charge < -0.3 is 9.80 Å². The predicted molar refractivity (Wildman–Crippen MR) is 127 cm³/mol. The number of amides is 1. The Labute approximate surface area is 187 Å². The molecule has 164 valence electrons. The summed E-state index contributed by atoms with van der Waals surface area (Å²) in [5, 5.41) is 0.730. The number of carbonyl (C=O) groups excluding carboxylic acids is 1. The fourth-order valence-corrected chi connectivity index (χ4v) is 5.64. The Morgan fingerprint density at radius 2 is 2.00 bits per heavy atom. The van der Waals surface area contributed by atoms with E-state index in [4.69, 9.17) is 4.98 Å². The topological polar surface area (TPSA) is 58.4 Å². The maximum absolute atomic E-state index is 13.6. The van der Waals surface area contributed by atoms with Gasteiger partial charge in [0, 0.05) is 17.1 Å². The minimum Gasteiger partial charge on any atom is -0.311 e. The van der Waals surface area contributed by atoms with Gasteiger partial charge in [0.1, 0.15) is 17.2 Å². The molecular weight excluding hydrogens is 408 g/mol. The predicted octanol–water partition coefficient (Wildman–Crippen LogP) is 3.76. The van der Waals surface area contributed by atoms with E-state index in [-0.39, 0.29) is 18.0 Å². The van der Waals surface area contributed by atoms with Crippen molar-refractivity contribution in [2.75, 3.05) is 25.5 Å². The van der Waals surface area contributed by atoms with E-state index in [1.807, 2.05) is 57.1 Å². The summed E-state index contributed by atoms with van der Waals surface area (Å²) < 4.78 is 1.60. The van der Waals surface area contributed by atoms with Gasteiger partial charge in [0.2, 0.25) is 5.91 Å². The summed E-state index contributed by atoms with van der Waals surface area (Å²) in [6.07, 6.45) is 4.22. The number of carbonyl (C=O) groups is 1. The number of aryl methyl sites for hydroxylation is 3. The maximum Gasteiger partial charge on any atom is 0.263 e. The molecule has 0 aliphatic heterocycles. The summed E-state index contributed by atoms with van der Waals surface area (Å²) >= 11 is 1.65. The highest BCUT2D eigenvalue weighted by atomic mass is 32.1. The number of likely N-dealkylation sites (N-methyl/N-ethyl adjacent to an activating group) is 1. The van der Waals surface area contributed by atoms with Crippen LogP contribution in [0.4, 0.5) is 5.69 Å². The molecule has 6 nitrogen and oxygen atoms in total. The molecular formula is C24H30N4O2S. The highest BCUT2D eigenvalue weighted by Crippen LogP contribution is 2.34. The molecule has 0 unspecified atom stereocenters. The second-order valence-electron chi connectivity index (χ2n) is 8.53. The van der Waals surface area contributed by atoms with Crippen LogP contribution in [0.1, 0.15) is 41.6 Å². The smallest absolute Gasteiger partial charge is 0.263 e. The van der Waals surface area contributed by atoms with Crippen LogP contribution in [0, 0.1) is 6.92 Å². The van der Waals surface area contributed by atoms with E-state index in [2.05, 4.69) is 0 Å². The number of benzene rings is 1. The molecule has 0 N–H and O–H groups in total. The lowest BCUT2D eigenvalue weighted by atomic mass is 9.97. The van der Waals surface area contributed by atoms with Gasteiger partial charge in [-0.05, 0) is 76.9 Å². The van der Waals surface area contributed by atoms with Crippen molar-refractivity contribution in [3.05, 3.63) is 56.4 Å². The first kappa shape index (κ1) is 21.7. The molecule has 0 spiro atoms. The van der Waals surface area contributed by atoms with E-state index in [1.54, 1.807) is 20.8 Å². The van der Waals surface area contributed by atoms with Crippen LogP contribution in [0.15, 0.2) is 29.1 Å². The molecule has 1 aliphatic carbocycles. The Hall–Kier alpha value is -2.51. The summed E-state index contributed by atoms with van der Waals surface area (Å²) in [5.41, 5.74) is 3.04. The van der Waals surface area contributed by atoms with Crippen molar-refractivity contribution in [2.45, 2.75) is 52.6 Å². The molecule has 0 fully saturated rings. The van der Waals surface area contributed by atoms with Crippen LogP contribution in [0.3, 0.4) is 0 Å². The van der Waals surface area contributed by atoms with Gasteiger partial charge in [0.15, 0.2) is 0 Å². The van der Waals surface area contributed by atoms with E-state index >= 15 is 0 Å². The lowest BCUT2D eigenvalue weighted by Crippen LogP contribution is -2.38. The molecule has 7 heteroatoms. The van der Waals surface area contributed by atoms with Crippen LogP contribution in [0.25, 0.3) is 10.2 Å². The number of aromatic nitrogens is 2. The Morgan fingerprint density at radius 3 is 2.71 bits per heavy atom. The van der Waals surface area contributed by atoms with Gasteiger partial charge in [-0.15, -0.1) is 11.3 Å². The number of fused-ring (bicyclic) bond motifs is 3. The molecule has 1 aromatic carbocycles. The lowest BCUT2D eigenvalue weighted by molar-refractivity contribution is -0.119. The van der Waals surface area contributed by atoms with Crippen LogP contribution in [0.5, 0.6) is 0 Å². The first-order valence-electron chi connectivity index (χ1n) is 10.9. The molecule has 2 heterocycles. The van der Waals surface area contributed by atoms with E-state index in [1.165, 1.54) is 11.3 Å². The van der Waals surface area contributed by atoms with Crippen molar-refractivity contribution in [1.29, 1.82) is 0 Å². The summed E-state index contributed by atoms with van der Waals surface area (Å²) in [6.45, 7) is 5.03. The number of thiophene rings is 1. The summed E-state index contributed by atoms with van der Waals surface area (Å²) in [7, 11) is 3.90. The summed E-state index contributed by atoms with van der Waals surface area (Å²) in [4.78, 5) is 37.7. The first-order valence-corrected chi connectivity index (χ1v) is 11.8. The summed E-state index contributed by atoms with van der Waals surface area (Å²) in [5.74, 6) is 0.551. The zero-order chi connectivity index (χ0) is 22.1. The highest BCUT2D eigenvalue weighted by Gasteiger charge is 2.24. The number of hydrogen-bond acceptors (Lipinski definition) is 5. The quantitative estimate of drug-likeness (QED) is 0.588. The summed E-state index contributed by atoms with van der Waals surface area (Å²) in [6, 6.07) is 7.91. The number of hydrogen-bond donors (Lipinski definition) is 0. The van der Waals surface area contributed by atoms with Gasteiger partial charge >= 0.3 is 0 Å². The molecule has 0 saturated heterocycles. The molecule has 2 aromatic heterocycles. The Kier molecular flexibility index (Phi) is 6.25. The molecule has 0 atom stereocenters. The maximum atomic E-state index is 13.6. The van der Waals surface area contributed by atoms with Crippen molar-refractivity contribution >= 4 is 33.1 Å². The van der Waals surface area contributed by atoms with E-state index in [0.717, 1.165) is 46.3 Å². The van der Waals surface area contributed by atoms with Crippen LogP contribution in [0.2, 0.25) is 0 Å². The van der Waals surface area contributed by atoms with Crippen molar-refractivity contribution in [3.63, 3.8) is 0 Å². The van der Waals surface area contributed by atoms with Crippen molar-refractivity contribution in [2.24, 2.45) is 0 Å². The molecule has 3 aromatic rings. The standard InChI is InChI=1S/C24H30N4O2S/c1-5-27(17-10-8-9-16(2)13-17)21(29)15-28-20(14-26(3)4)25-23-22(24(28)30)18-11-6-7-12-19(18)31-23/h8-10,13H,5-7,11-12,14-15H2,1-4H3. The van der Waals surface area contributed by atoms with Gasteiger partial charge in [-0.3, -0.25) is 14.2 Å². The average Bonchev–Trinajstić information content (AvgIpc) is 3.09. The second kappa shape index (κ2) is 8.93. The molecule has 1 amide bonds. The molecule has 0 saturated carbocycles. The monoisotopic (exact) mass is 438 g/mol. The third-order valence-corrected chi connectivity index (χ3v) is 7.02. The van der Waals surface area contributed by atoms with E-state index < -0.39 is 0 Å².